The molecule has 0 bridgehead atoms. The molecule has 8 nitrogen and oxygen atoms in total. The van der Waals surface area contributed by atoms with Crippen LogP contribution >= 0.6 is 0 Å². The highest BCUT2D eigenvalue weighted by Gasteiger charge is 2.18. The van der Waals surface area contributed by atoms with Crippen molar-refractivity contribution in [3.8, 4) is 0 Å². The smallest absolute Gasteiger partial charge is 0.338 e. The lowest BCUT2D eigenvalue weighted by atomic mass is 10.2. The topological polar surface area (TPSA) is 119 Å². The number of ether oxygens (including phenoxy) is 1. The van der Waals surface area contributed by atoms with Gasteiger partial charge in [0.1, 0.15) is 0 Å². The van der Waals surface area contributed by atoms with Crippen molar-refractivity contribution >= 4 is 37.4 Å². The average molecular weight is 497 g/mol. The molecular weight excluding hydrogens is 478 g/mol. The molecular formula is C21H18F2N2O6S2. The standard InChI is InChI=1S/C21H18F2N2O6S2/c1-2-31-21(26)14-3-9-17(10-4-14)32(27,28)24-15-5-7-16(8-6-15)25-33(29,30)18-11-12-19(22)20(23)13-18/h3-13,24-25H,2H2,1H3. The number of rotatable bonds is 8. The molecule has 33 heavy (non-hydrogen) atoms. The van der Waals surface area contributed by atoms with Gasteiger partial charge in [0.15, 0.2) is 11.6 Å². The van der Waals surface area contributed by atoms with E-state index in [1.165, 1.54) is 48.5 Å². The van der Waals surface area contributed by atoms with Crippen LogP contribution in [0.3, 0.4) is 0 Å². The third-order valence-electron chi connectivity index (χ3n) is 4.27. The van der Waals surface area contributed by atoms with Crippen LogP contribution in [0.5, 0.6) is 0 Å². The maximum atomic E-state index is 13.3. The van der Waals surface area contributed by atoms with E-state index in [1.54, 1.807) is 6.92 Å². The number of carbonyl (C=O) groups is 1. The van der Waals surface area contributed by atoms with E-state index in [0.29, 0.717) is 12.1 Å². The fraction of sp³-hybridized carbons (Fsp3) is 0.0952. The summed E-state index contributed by atoms with van der Waals surface area (Å²) < 4.78 is 85.5. The van der Waals surface area contributed by atoms with E-state index < -0.39 is 42.5 Å². The quantitative estimate of drug-likeness (QED) is 0.459. The number of benzene rings is 3. The fourth-order valence-corrected chi connectivity index (χ4v) is 4.79. The Hall–Kier alpha value is -3.51. The second-order valence-corrected chi connectivity index (χ2v) is 9.97. The van der Waals surface area contributed by atoms with Crippen LogP contribution in [-0.2, 0) is 24.8 Å². The molecule has 3 aromatic rings. The van der Waals surface area contributed by atoms with Crippen LogP contribution < -0.4 is 9.44 Å². The molecule has 0 atom stereocenters. The molecule has 3 rings (SSSR count). The van der Waals surface area contributed by atoms with E-state index in [4.69, 9.17) is 4.74 Å². The Morgan fingerprint density at radius 3 is 1.73 bits per heavy atom. The summed E-state index contributed by atoms with van der Waals surface area (Å²) >= 11 is 0. The number of esters is 1. The van der Waals surface area contributed by atoms with E-state index in [2.05, 4.69) is 9.44 Å². The van der Waals surface area contributed by atoms with E-state index in [1.807, 2.05) is 0 Å². The molecule has 2 N–H and O–H groups in total. The van der Waals surface area contributed by atoms with E-state index in [9.17, 15) is 30.4 Å². The Balaban J connectivity index is 1.72. The number of hydrogen-bond donors (Lipinski definition) is 2. The van der Waals surface area contributed by atoms with Crippen LogP contribution in [0.25, 0.3) is 0 Å². The molecule has 0 radical (unpaired) electrons. The normalized spacial score (nSPS) is 11.6. The maximum Gasteiger partial charge on any atom is 0.338 e. The van der Waals surface area contributed by atoms with Gasteiger partial charge in [-0.3, -0.25) is 9.44 Å². The van der Waals surface area contributed by atoms with Crippen LogP contribution in [0.15, 0.2) is 76.5 Å². The van der Waals surface area contributed by atoms with Crippen LogP contribution in [0, 0.1) is 11.6 Å². The maximum absolute atomic E-state index is 13.3. The number of carbonyl (C=O) groups excluding carboxylic acids is 1. The summed E-state index contributed by atoms with van der Waals surface area (Å²) in [5.41, 5.74) is 0.412. The van der Waals surface area contributed by atoms with Crippen molar-refractivity contribution < 1.29 is 35.1 Å². The van der Waals surface area contributed by atoms with Crippen molar-refractivity contribution in [1.29, 1.82) is 0 Å². The average Bonchev–Trinajstić information content (AvgIpc) is 2.77. The highest BCUT2D eigenvalue weighted by molar-refractivity contribution is 7.93. The zero-order valence-corrected chi connectivity index (χ0v) is 18.7. The summed E-state index contributed by atoms with van der Waals surface area (Å²) in [6, 6.07) is 12.5. The third-order valence-corrected chi connectivity index (χ3v) is 7.04. The molecule has 0 aliphatic rings. The zero-order valence-electron chi connectivity index (χ0n) is 17.1. The molecule has 0 unspecified atom stereocenters. The van der Waals surface area contributed by atoms with Gasteiger partial charge in [-0.05, 0) is 73.7 Å². The summed E-state index contributed by atoms with van der Waals surface area (Å²) in [5, 5.41) is 0. The van der Waals surface area contributed by atoms with Crippen molar-refractivity contribution in [1.82, 2.24) is 0 Å². The van der Waals surface area contributed by atoms with Gasteiger partial charge >= 0.3 is 5.97 Å². The summed E-state index contributed by atoms with van der Waals surface area (Å²) in [6.45, 7) is 1.84. The molecule has 0 aromatic heterocycles. The number of hydrogen-bond acceptors (Lipinski definition) is 6. The van der Waals surface area contributed by atoms with Crippen LogP contribution in [0.1, 0.15) is 17.3 Å². The molecule has 0 saturated heterocycles. The van der Waals surface area contributed by atoms with Gasteiger partial charge in [-0.25, -0.2) is 30.4 Å². The first-order chi connectivity index (χ1) is 15.5. The lowest BCUT2D eigenvalue weighted by Gasteiger charge is -2.11. The molecule has 0 aliphatic heterocycles. The summed E-state index contributed by atoms with van der Waals surface area (Å²) in [5.74, 6) is -3.06. The van der Waals surface area contributed by atoms with Crippen molar-refractivity contribution in [2.24, 2.45) is 0 Å². The Kier molecular flexibility index (Phi) is 6.98. The van der Waals surface area contributed by atoms with Gasteiger partial charge in [-0.1, -0.05) is 0 Å². The van der Waals surface area contributed by atoms with Gasteiger partial charge in [0.05, 0.1) is 22.0 Å². The van der Waals surface area contributed by atoms with E-state index in [0.717, 1.165) is 6.07 Å². The molecule has 0 aliphatic carbocycles. The van der Waals surface area contributed by atoms with Crippen molar-refractivity contribution in [2.45, 2.75) is 16.7 Å². The van der Waals surface area contributed by atoms with Crippen LogP contribution in [-0.4, -0.2) is 29.4 Å². The lowest BCUT2D eigenvalue weighted by molar-refractivity contribution is 0.0526. The predicted octanol–water partition coefficient (Wildman–Crippen LogP) is 3.74. The number of nitrogens with one attached hydrogen (secondary N) is 2. The summed E-state index contributed by atoms with van der Waals surface area (Å²) in [6.07, 6.45) is 0. The minimum Gasteiger partial charge on any atom is -0.462 e. The molecule has 0 fully saturated rings. The Bertz CT molecular complexity index is 1380. The highest BCUT2D eigenvalue weighted by Crippen LogP contribution is 2.22. The SMILES string of the molecule is CCOC(=O)c1ccc(S(=O)(=O)Nc2ccc(NS(=O)(=O)c3ccc(F)c(F)c3)cc2)cc1. The van der Waals surface area contributed by atoms with Crippen LogP contribution in [0.4, 0.5) is 20.2 Å². The highest BCUT2D eigenvalue weighted by atomic mass is 32.2. The van der Waals surface area contributed by atoms with Gasteiger partial charge in [-0.15, -0.1) is 0 Å². The number of halogens is 2. The number of sulfonamides is 2. The monoisotopic (exact) mass is 496 g/mol. The second kappa shape index (κ2) is 9.55. The van der Waals surface area contributed by atoms with Crippen molar-refractivity contribution in [3.05, 3.63) is 83.9 Å². The minimum absolute atomic E-state index is 0.0708. The van der Waals surface area contributed by atoms with Gasteiger partial charge in [0.25, 0.3) is 20.0 Å². The van der Waals surface area contributed by atoms with Crippen molar-refractivity contribution in [3.63, 3.8) is 0 Å². The number of anilines is 2. The molecule has 174 valence electrons. The Morgan fingerprint density at radius 2 is 1.24 bits per heavy atom. The van der Waals surface area contributed by atoms with E-state index in [-0.39, 0.29) is 28.4 Å². The Labute approximate surface area is 189 Å². The molecule has 0 amide bonds. The fourth-order valence-electron chi connectivity index (χ4n) is 2.66. The van der Waals surface area contributed by atoms with Gasteiger partial charge < -0.3 is 4.74 Å². The summed E-state index contributed by atoms with van der Waals surface area (Å²) in [7, 11) is -8.18. The zero-order chi connectivity index (χ0) is 24.2. The first-order valence-corrected chi connectivity index (χ1v) is 12.4. The molecule has 3 aromatic carbocycles. The first kappa shape index (κ1) is 24.1. The largest absolute Gasteiger partial charge is 0.462 e. The van der Waals surface area contributed by atoms with Gasteiger partial charge in [0, 0.05) is 11.4 Å². The second-order valence-electron chi connectivity index (χ2n) is 6.61. The van der Waals surface area contributed by atoms with Crippen LogP contribution in [0.2, 0.25) is 0 Å². The predicted molar refractivity (Wildman–Crippen MR) is 117 cm³/mol. The molecule has 0 heterocycles. The van der Waals surface area contributed by atoms with Crippen molar-refractivity contribution in [2.75, 3.05) is 16.1 Å². The Morgan fingerprint density at radius 1 is 0.758 bits per heavy atom. The van der Waals surface area contributed by atoms with Gasteiger partial charge in [0.2, 0.25) is 0 Å². The van der Waals surface area contributed by atoms with E-state index >= 15 is 0 Å². The minimum atomic E-state index is -4.19. The lowest BCUT2D eigenvalue weighted by Crippen LogP contribution is -2.15. The molecule has 0 saturated carbocycles. The first-order valence-electron chi connectivity index (χ1n) is 9.40. The third kappa shape index (κ3) is 5.84. The summed E-state index contributed by atoms with van der Waals surface area (Å²) in [4.78, 5) is 11.1. The van der Waals surface area contributed by atoms with Gasteiger partial charge in [-0.2, -0.15) is 0 Å². The molecule has 0 spiro atoms. The molecule has 12 heteroatoms.